The van der Waals surface area contributed by atoms with E-state index < -0.39 is 0 Å². The van der Waals surface area contributed by atoms with E-state index in [1.807, 2.05) is 4.90 Å². The Balaban J connectivity index is 1.80. The van der Waals surface area contributed by atoms with Gasteiger partial charge in [-0.1, -0.05) is 13.3 Å². The minimum Gasteiger partial charge on any atom is -0.395 e. The van der Waals surface area contributed by atoms with Crippen molar-refractivity contribution < 1.29 is 9.90 Å². The summed E-state index contributed by atoms with van der Waals surface area (Å²) < 4.78 is 0. The number of hydrogen-bond acceptors (Lipinski definition) is 3. The molecule has 0 aliphatic carbocycles. The van der Waals surface area contributed by atoms with Crippen molar-refractivity contribution in [3.8, 4) is 0 Å². The minimum atomic E-state index is 0.0763. The Morgan fingerprint density at radius 3 is 2.53 bits per heavy atom. The normalized spacial score (nSPS) is 29.5. The van der Waals surface area contributed by atoms with Gasteiger partial charge in [-0.25, -0.2) is 0 Å². The summed E-state index contributed by atoms with van der Waals surface area (Å²) in [6, 6.07) is 1.30. The standard InChI is InChI=1S/C15H28N2O2/c1-2-3-6-17(7-8-18)15(19)11-12-9-13-4-5-14(10-12)16-13/h12-14,16,18H,2-11H2,1H3. The number of piperidine rings is 1. The van der Waals surface area contributed by atoms with Crippen molar-refractivity contribution in [3.63, 3.8) is 0 Å². The third-order valence-electron chi connectivity index (χ3n) is 4.54. The van der Waals surface area contributed by atoms with Crippen molar-refractivity contribution in [2.45, 2.75) is 64.0 Å². The number of carbonyl (C=O) groups is 1. The van der Waals surface area contributed by atoms with Crippen molar-refractivity contribution in [2.75, 3.05) is 19.7 Å². The van der Waals surface area contributed by atoms with Crippen LogP contribution in [0.3, 0.4) is 0 Å². The number of amides is 1. The lowest BCUT2D eigenvalue weighted by Crippen LogP contribution is -2.41. The van der Waals surface area contributed by atoms with Crippen molar-refractivity contribution in [2.24, 2.45) is 5.92 Å². The fraction of sp³-hybridized carbons (Fsp3) is 0.933. The van der Waals surface area contributed by atoms with Crippen LogP contribution in [-0.4, -0.2) is 47.7 Å². The molecule has 2 unspecified atom stereocenters. The Bertz CT molecular complexity index is 284. The van der Waals surface area contributed by atoms with Gasteiger partial charge in [-0.3, -0.25) is 4.79 Å². The van der Waals surface area contributed by atoms with Gasteiger partial charge in [0.25, 0.3) is 0 Å². The molecule has 0 radical (unpaired) electrons. The lowest BCUT2D eigenvalue weighted by atomic mass is 9.89. The molecule has 2 aliphatic rings. The van der Waals surface area contributed by atoms with E-state index in [0.29, 0.717) is 31.0 Å². The zero-order chi connectivity index (χ0) is 13.7. The SMILES string of the molecule is CCCCN(CCO)C(=O)CC1CC2CCC(C1)N2. The summed E-state index contributed by atoms with van der Waals surface area (Å²) in [5.41, 5.74) is 0. The molecule has 110 valence electrons. The first-order valence-corrected chi connectivity index (χ1v) is 7.87. The maximum atomic E-state index is 12.3. The van der Waals surface area contributed by atoms with Crippen LogP contribution in [0.1, 0.15) is 51.9 Å². The number of aliphatic hydroxyl groups is 1. The van der Waals surface area contributed by atoms with Crippen molar-refractivity contribution in [1.82, 2.24) is 10.2 Å². The quantitative estimate of drug-likeness (QED) is 0.736. The monoisotopic (exact) mass is 268 g/mol. The number of carbonyl (C=O) groups excluding carboxylic acids is 1. The van der Waals surface area contributed by atoms with Gasteiger partial charge >= 0.3 is 0 Å². The molecule has 2 aliphatic heterocycles. The van der Waals surface area contributed by atoms with Gasteiger partial charge in [0.2, 0.25) is 5.91 Å². The van der Waals surface area contributed by atoms with Crippen LogP contribution in [0, 0.1) is 5.92 Å². The zero-order valence-electron chi connectivity index (χ0n) is 12.1. The Kier molecular flexibility index (Phi) is 5.64. The summed E-state index contributed by atoms with van der Waals surface area (Å²) in [5.74, 6) is 0.794. The fourth-order valence-corrected chi connectivity index (χ4v) is 3.55. The van der Waals surface area contributed by atoms with Gasteiger partial charge in [-0.2, -0.15) is 0 Å². The molecule has 2 saturated heterocycles. The summed E-state index contributed by atoms with van der Waals surface area (Å²) >= 11 is 0. The van der Waals surface area contributed by atoms with Crippen LogP contribution >= 0.6 is 0 Å². The van der Waals surface area contributed by atoms with Gasteiger partial charge in [0, 0.05) is 31.6 Å². The van der Waals surface area contributed by atoms with Crippen molar-refractivity contribution >= 4 is 5.91 Å². The van der Waals surface area contributed by atoms with Gasteiger partial charge in [-0.05, 0) is 38.0 Å². The van der Waals surface area contributed by atoms with Crippen LogP contribution in [0.15, 0.2) is 0 Å². The second kappa shape index (κ2) is 7.25. The van der Waals surface area contributed by atoms with Crippen molar-refractivity contribution in [1.29, 1.82) is 0 Å². The second-order valence-corrected chi connectivity index (χ2v) is 6.14. The van der Waals surface area contributed by atoms with Crippen molar-refractivity contribution in [3.05, 3.63) is 0 Å². The molecule has 1 amide bonds. The van der Waals surface area contributed by atoms with E-state index in [-0.39, 0.29) is 12.5 Å². The number of unbranched alkanes of at least 4 members (excludes halogenated alkanes) is 1. The largest absolute Gasteiger partial charge is 0.395 e. The average molecular weight is 268 g/mol. The molecule has 4 heteroatoms. The lowest BCUT2D eigenvalue weighted by molar-refractivity contribution is -0.133. The number of aliphatic hydroxyl groups excluding tert-OH is 1. The van der Waals surface area contributed by atoms with Gasteiger partial charge in [0.15, 0.2) is 0 Å². The molecule has 0 aromatic rings. The predicted octanol–water partition coefficient (Wildman–Crippen LogP) is 1.53. The second-order valence-electron chi connectivity index (χ2n) is 6.14. The van der Waals surface area contributed by atoms with Gasteiger partial charge < -0.3 is 15.3 Å². The number of rotatable bonds is 7. The highest BCUT2D eigenvalue weighted by Crippen LogP contribution is 2.32. The summed E-state index contributed by atoms with van der Waals surface area (Å²) in [4.78, 5) is 14.2. The van der Waals surface area contributed by atoms with E-state index in [1.165, 1.54) is 12.8 Å². The number of fused-ring (bicyclic) bond motifs is 2. The van der Waals surface area contributed by atoms with Crippen LogP contribution < -0.4 is 5.32 Å². The first-order chi connectivity index (χ1) is 9.22. The molecule has 2 atom stereocenters. The average Bonchev–Trinajstić information content (AvgIpc) is 2.73. The smallest absolute Gasteiger partial charge is 0.222 e. The molecule has 0 aromatic carbocycles. The molecular weight excluding hydrogens is 240 g/mol. The third-order valence-corrected chi connectivity index (χ3v) is 4.54. The summed E-state index contributed by atoms with van der Waals surface area (Å²) in [7, 11) is 0. The molecule has 2 N–H and O–H groups in total. The van der Waals surface area contributed by atoms with Crippen LogP contribution in [0.25, 0.3) is 0 Å². The Labute approximate surface area is 116 Å². The number of hydrogen-bond donors (Lipinski definition) is 2. The van der Waals surface area contributed by atoms with E-state index in [0.717, 1.165) is 32.2 Å². The van der Waals surface area contributed by atoms with E-state index in [1.54, 1.807) is 0 Å². The van der Waals surface area contributed by atoms with Gasteiger partial charge in [-0.15, -0.1) is 0 Å². The Morgan fingerprint density at radius 2 is 1.95 bits per heavy atom. The Morgan fingerprint density at radius 1 is 1.26 bits per heavy atom. The number of nitrogens with zero attached hydrogens (tertiary/aromatic N) is 1. The third kappa shape index (κ3) is 4.18. The van der Waals surface area contributed by atoms with E-state index >= 15 is 0 Å². The summed E-state index contributed by atoms with van der Waals surface area (Å²) in [5, 5.41) is 12.7. The maximum Gasteiger partial charge on any atom is 0.222 e. The highest BCUT2D eigenvalue weighted by Gasteiger charge is 2.34. The van der Waals surface area contributed by atoms with E-state index in [9.17, 15) is 4.79 Å². The molecule has 2 rings (SSSR count). The molecular formula is C15H28N2O2. The number of nitrogens with one attached hydrogen (secondary N) is 1. The van der Waals surface area contributed by atoms with E-state index in [2.05, 4.69) is 12.2 Å². The fourth-order valence-electron chi connectivity index (χ4n) is 3.55. The molecule has 2 bridgehead atoms. The molecule has 19 heavy (non-hydrogen) atoms. The molecule has 0 aromatic heterocycles. The first kappa shape index (κ1) is 14.8. The summed E-state index contributed by atoms with van der Waals surface area (Å²) in [6.07, 6.45) is 7.68. The predicted molar refractivity (Wildman–Crippen MR) is 75.9 cm³/mol. The summed E-state index contributed by atoms with van der Waals surface area (Å²) in [6.45, 7) is 3.50. The molecule has 0 saturated carbocycles. The molecule has 2 heterocycles. The van der Waals surface area contributed by atoms with Crippen LogP contribution in [0.5, 0.6) is 0 Å². The highest BCUT2D eigenvalue weighted by molar-refractivity contribution is 5.76. The molecule has 0 spiro atoms. The van der Waals surface area contributed by atoms with E-state index in [4.69, 9.17) is 5.11 Å². The molecule has 2 fully saturated rings. The highest BCUT2D eigenvalue weighted by atomic mass is 16.3. The minimum absolute atomic E-state index is 0.0763. The van der Waals surface area contributed by atoms with Gasteiger partial charge in [0.1, 0.15) is 0 Å². The van der Waals surface area contributed by atoms with Gasteiger partial charge in [0.05, 0.1) is 6.61 Å². The lowest BCUT2D eigenvalue weighted by Gasteiger charge is -2.30. The zero-order valence-corrected chi connectivity index (χ0v) is 12.1. The van der Waals surface area contributed by atoms with Crippen LogP contribution in [-0.2, 0) is 4.79 Å². The van der Waals surface area contributed by atoms with Crippen LogP contribution in [0.2, 0.25) is 0 Å². The van der Waals surface area contributed by atoms with Crippen LogP contribution in [0.4, 0.5) is 0 Å². The Hall–Kier alpha value is -0.610. The maximum absolute atomic E-state index is 12.3. The molecule has 4 nitrogen and oxygen atoms in total. The first-order valence-electron chi connectivity index (χ1n) is 7.87. The topological polar surface area (TPSA) is 52.6 Å².